The second kappa shape index (κ2) is 2.13. The average Bonchev–Trinajstić information content (AvgIpc) is 2.15. The standard InChI is InChI=1S/C5H9NO2/c7-5(8)4-2-1-3-6-4/h4,6H,1-3H2,(H,7,8)/t4-/m0/s1/i2T,4T/t2?,4-. The van der Waals surface area contributed by atoms with E-state index < -0.39 is 18.4 Å². The molecular weight excluding hydrogens is 106 g/mol. The summed E-state index contributed by atoms with van der Waals surface area (Å²) < 4.78 is 14.4. The summed E-state index contributed by atoms with van der Waals surface area (Å²) in [5, 5.41) is 10.9. The summed E-state index contributed by atoms with van der Waals surface area (Å²) in [6, 6.07) is -1.76. The van der Waals surface area contributed by atoms with Crippen molar-refractivity contribution in [1.82, 2.24) is 5.32 Å². The molecule has 2 N–H and O–H groups in total. The van der Waals surface area contributed by atoms with Gasteiger partial charge in [0.1, 0.15) is 6.02 Å². The van der Waals surface area contributed by atoms with E-state index in [0.29, 0.717) is 13.0 Å². The Morgan fingerprint density at radius 2 is 2.88 bits per heavy atom. The van der Waals surface area contributed by atoms with Gasteiger partial charge in [0.2, 0.25) is 0 Å². The SMILES string of the molecule is [3H]C1CCN[C@]1([3H])C(=O)O. The maximum absolute atomic E-state index is 10.4. The highest BCUT2D eigenvalue weighted by Gasteiger charge is 2.20. The van der Waals surface area contributed by atoms with E-state index in [4.69, 9.17) is 7.85 Å². The molecule has 1 aliphatic rings. The van der Waals surface area contributed by atoms with Crippen molar-refractivity contribution in [3.05, 3.63) is 0 Å². The molecule has 3 heteroatoms. The van der Waals surface area contributed by atoms with E-state index in [9.17, 15) is 4.79 Å². The fraction of sp³-hybridized carbons (Fsp3) is 0.800. The first-order chi connectivity index (χ1) is 4.57. The highest BCUT2D eigenvalue weighted by Crippen LogP contribution is 2.03. The van der Waals surface area contributed by atoms with Crippen LogP contribution >= 0.6 is 0 Å². The normalized spacial score (nSPS) is 50.2. The van der Waals surface area contributed by atoms with Crippen LogP contribution in [0.3, 0.4) is 0 Å². The highest BCUT2D eigenvalue weighted by atomic mass is 16.4. The zero-order valence-electron chi connectivity index (χ0n) is 6.35. The predicted octanol–water partition coefficient (Wildman–Crippen LogP) is -0.177. The van der Waals surface area contributed by atoms with E-state index in [2.05, 4.69) is 5.32 Å². The molecule has 0 bridgehead atoms. The van der Waals surface area contributed by atoms with Gasteiger partial charge in [-0.2, -0.15) is 0 Å². The maximum atomic E-state index is 10.4. The van der Waals surface area contributed by atoms with Crippen LogP contribution in [0.1, 0.15) is 15.6 Å². The number of nitrogens with one attached hydrogen (secondary N) is 1. The summed E-state index contributed by atoms with van der Waals surface area (Å²) in [4.78, 5) is 10.4. The van der Waals surface area contributed by atoms with Crippen LogP contribution in [-0.2, 0) is 4.79 Å². The molecule has 0 spiro atoms. The lowest BCUT2D eigenvalue weighted by Crippen LogP contribution is -2.29. The molecule has 0 saturated carbocycles. The molecule has 0 amide bonds. The molecule has 1 fully saturated rings. The Labute approximate surface area is 50.5 Å². The molecule has 0 aliphatic carbocycles. The van der Waals surface area contributed by atoms with Crippen LogP contribution in [0.25, 0.3) is 0 Å². The van der Waals surface area contributed by atoms with Gasteiger partial charge in [-0.25, -0.2) is 0 Å². The molecule has 3 nitrogen and oxygen atoms in total. The monoisotopic (exact) mass is 119 g/mol. The van der Waals surface area contributed by atoms with Gasteiger partial charge in [0.15, 0.2) is 0 Å². The summed E-state index contributed by atoms with van der Waals surface area (Å²) in [6.45, 7) is 0.448. The molecule has 0 radical (unpaired) electrons. The third kappa shape index (κ3) is 0.980. The van der Waals surface area contributed by atoms with Crippen LogP contribution < -0.4 is 5.32 Å². The number of hydrogen-bond acceptors (Lipinski definition) is 2. The minimum absolute atomic E-state index is 0.440. The zero-order chi connectivity index (χ0) is 7.78. The van der Waals surface area contributed by atoms with Crippen molar-refractivity contribution in [2.45, 2.75) is 18.8 Å². The number of aliphatic carboxylic acids is 1. The summed E-state index contributed by atoms with van der Waals surface area (Å²) in [7, 11) is 0. The second-order valence-electron chi connectivity index (χ2n) is 1.64. The van der Waals surface area contributed by atoms with Crippen LogP contribution in [0.4, 0.5) is 0 Å². The zero-order valence-corrected chi connectivity index (χ0v) is 4.35. The molecule has 0 aromatic carbocycles. The van der Waals surface area contributed by atoms with E-state index in [1.54, 1.807) is 0 Å². The lowest BCUT2D eigenvalue weighted by molar-refractivity contribution is -0.139. The van der Waals surface area contributed by atoms with E-state index in [1.165, 1.54) is 0 Å². The van der Waals surface area contributed by atoms with E-state index in [1.807, 2.05) is 0 Å². The Morgan fingerprint density at radius 3 is 3.12 bits per heavy atom. The van der Waals surface area contributed by atoms with Gasteiger partial charge in [0.05, 0.1) is 1.37 Å². The molecule has 1 saturated heterocycles. The lowest BCUT2D eigenvalue weighted by atomic mass is 10.2. The Kier molecular flexibility index (Phi) is 0.921. The number of carbonyl (C=O) groups is 1. The van der Waals surface area contributed by atoms with Gasteiger partial charge in [-0.15, -0.1) is 0 Å². The van der Waals surface area contributed by atoms with Crippen LogP contribution in [-0.4, -0.2) is 23.6 Å². The van der Waals surface area contributed by atoms with Crippen LogP contribution in [0.5, 0.6) is 0 Å². The molecule has 1 heterocycles. The molecule has 1 rings (SSSR count). The van der Waals surface area contributed by atoms with E-state index >= 15 is 0 Å². The molecule has 1 unspecified atom stereocenters. The first kappa shape index (κ1) is 3.45. The molecule has 0 aromatic heterocycles. The fourth-order valence-electron chi connectivity index (χ4n) is 0.658. The van der Waals surface area contributed by atoms with Gasteiger partial charge < -0.3 is 10.4 Å². The summed E-state index contributed by atoms with van der Waals surface area (Å²) >= 11 is 0. The molecule has 8 heavy (non-hydrogen) atoms. The van der Waals surface area contributed by atoms with E-state index in [0.717, 1.165) is 0 Å². The Bertz CT molecular complexity index is 164. The third-order valence-electron chi connectivity index (χ3n) is 1.04. The van der Waals surface area contributed by atoms with Gasteiger partial charge in [0, 0.05) is 1.37 Å². The number of rotatable bonds is 1. The summed E-state index contributed by atoms with van der Waals surface area (Å²) in [6.07, 6.45) is -0.402. The number of carboxylic acid groups (broad SMARTS) is 1. The Morgan fingerprint density at radius 1 is 2.12 bits per heavy atom. The molecule has 46 valence electrons. The van der Waals surface area contributed by atoms with Gasteiger partial charge >= 0.3 is 5.97 Å². The minimum Gasteiger partial charge on any atom is -0.480 e. The van der Waals surface area contributed by atoms with Gasteiger partial charge in [0.25, 0.3) is 0 Å². The summed E-state index contributed by atoms with van der Waals surface area (Å²) in [5.74, 6) is -1.26. The van der Waals surface area contributed by atoms with Crippen molar-refractivity contribution in [3.8, 4) is 0 Å². The molecule has 2 atom stereocenters. The minimum atomic E-state index is -1.76. The predicted molar refractivity (Wildman–Crippen MR) is 28.7 cm³/mol. The lowest BCUT2D eigenvalue weighted by Gasteiger charge is -1.99. The fourth-order valence-corrected chi connectivity index (χ4v) is 0.658. The number of hydrogen-bond donors (Lipinski definition) is 2. The van der Waals surface area contributed by atoms with Gasteiger partial charge in [-0.1, -0.05) is 0 Å². The van der Waals surface area contributed by atoms with Crippen molar-refractivity contribution in [2.24, 2.45) is 0 Å². The van der Waals surface area contributed by atoms with Crippen molar-refractivity contribution in [3.63, 3.8) is 0 Å². The van der Waals surface area contributed by atoms with Crippen molar-refractivity contribution < 1.29 is 12.6 Å². The summed E-state index contributed by atoms with van der Waals surface area (Å²) in [5.41, 5.74) is 0. The first-order valence-corrected chi connectivity index (χ1v) is 2.48. The van der Waals surface area contributed by atoms with Crippen LogP contribution in [0.15, 0.2) is 0 Å². The van der Waals surface area contributed by atoms with Gasteiger partial charge in [-0.05, 0) is 19.4 Å². The Hall–Kier alpha value is -0.570. The highest BCUT2D eigenvalue weighted by molar-refractivity contribution is 5.73. The van der Waals surface area contributed by atoms with Crippen LogP contribution in [0, 0.1) is 0 Å². The topological polar surface area (TPSA) is 49.3 Å². The number of carboxylic acids is 1. The van der Waals surface area contributed by atoms with Crippen molar-refractivity contribution in [2.75, 3.05) is 6.54 Å². The first-order valence-electron chi connectivity index (χ1n) is 3.56. The molecular formula is C5H9NO2. The quantitative estimate of drug-likeness (QED) is 0.503. The molecule has 1 aliphatic heterocycles. The molecule has 0 aromatic rings. The maximum Gasteiger partial charge on any atom is 0.320 e. The Balaban J connectivity index is 2.75. The third-order valence-corrected chi connectivity index (χ3v) is 1.04. The van der Waals surface area contributed by atoms with E-state index in [-0.39, 0.29) is 0 Å². The second-order valence-corrected chi connectivity index (χ2v) is 1.64. The van der Waals surface area contributed by atoms with Crippen molar-refractivity contribution >= 4 is 5.97 Å². The largest absolute Gasteiger partial charge is 0.480 e. The van der Waals surface area contributed by atoms with Crippen LogP contribution in [0.2, 0.25) is 0 Å². The smallest absolute Gasteiger partial charge is 0.320 e. The van der Waals surface area contributed by atoms with Crippen molar-refractivity contribution in [1.29, 1.82) is 0 Å². The average molecular weight is 119 g/mol. The van der Waals surface area contributed by atoms with Gasteiger partial charge in [-0.3, -0.25) is 4.79 Å².